The summed E-state index contributed by atoms with van der Waals surface area (Å²) in [5.41, 5.74) is 1.01. The van der Waals surface area contributed by atoms with Crippen LogP contribution in [0, 0.1) is 40.4 Å². The van der Waals surface area contributed by atoms with E-state index in [2.05, 4.69) is 26.1 Å². The van der Waals surface area contributed by atoms with E-state index >= 15 is 0 Å². The maximum absolute atomic E-state index is 10.4. The first kappa shape index (κ1) is 18.3. The molecule has 0 bridgehead atoms. The lowest BCUT2D eigenvalue weighted by Crippen LogP contribution is -2.55. The van der Waals surface area contributed by atoms with Crippen LogP contribution >= 0.6 is 0 Å². The van der Waals surface area contributed by atoms with Gasteiger partial charge in [-0.2, -0.15) is 0 Å². The van der Waals surface area contributed by atoms with E-state index in [4.69, 9.17) is 0 Å². The molecular formula is C23H41NO. The molecule has 0 spiro atoms. The summed E-state index contributed by atoms with van der Waals surface area (Å²) >= 11 is 0. The number of hydrogen-bond donors (Lipinski definition) is 2. The number of hydrogen-bond acceptors (Lipinski definition) is 2. The lowest BCUT2D eigenvalue weighted by atomic mass is 9.44. The van der Waals surface area contributed by atoms with Crippen LogP contribution in [-0.2, 0) is 0 Å². The third-order valence-corrected chi connectivity index (χ3v) is 9.81. The van der Waals surface area contributed by atoms with E-state index < -0.39 is 0 Å². The van der Waals surface area contributed by atoms with Gasteiger partial charge in [0.05, 0.1) is 6.10 Å². The molecule has 0 radical (unpaired) electrons. The molecule has 0 aromatic carbocycles. The van der Waals surface area contributed by atoms with Crippen molar-refractivity contribution < 1.29 is 5.11 Å². The molecule has 4 fully saturated rings. The fraction of sp³-hybridized carbons (Fsp3) is 1.00. The average Bonchev–Trinajstić information content (AvgIpc) is 2.93. The van der Waals surface area contributed by atoms with Crippen molar-refractivity contribution in [2.45, 2.75) is 97.6 Å². The Morgan fingerprint density at radius 2 is 1.68 bits per heavy atom. The van der Waals surface area contributed by atoms with Gasteiger partial charge in [-0.25, -0.2) is 0 Å². The Kier molecular flexibility index (Phi) is 4.77. The van der Waals surface area contributed by atoms with E-state index in [-0.39, 0.29) is 6.10 Å². The highest BCUT2D eigenvalue weighted by atomic mass is 16.3. The zero-order valence-corrected chi connectivity index (χ0v) is 17.1. The molecule has 0 heterocycles. The van der Waals surface area contributed by atoms with Crippen LogP contribution in [0.15, 0.2) is 0 Å². The minimum atomic E-state index is -0.117. The highest BCUT2D eigenvalue weighted by Crippen LogP contribution is 2.67. The molecule has 9 atom stereocenters. The Labute approximate surface area is 155 Å². The van der Waals surface area contributed by atoms with Crippen LogP contribution in [0.2, 0.25) is 0 Å². The predicted octanol–water partition coefficient (Wildman–Crippen LogP) is 5.00. The van der Waals surface area contributed by atoms with E-state index in [1.807, 2.05) is 6.92 Å². The van der Waals surface area contributed by atoms with Crippen molar-refractivity contribution in [3.05, 3.63) is 0 Å². The van der Waals surface area contributed by atoms with Gasteiger partial charge in [-0.05, 0) is 112 Å². The van der Waals surface area contributed by atoms with Crippen LogP contribution in [0.4, 0.5) is 0 Å². The molecule has 2 heteroatoms. The summed E-state index contributed by atoms with van der Waals surface area (Å²) in [6.45, 7) is 10.6. The van der Waals surface area contributed by atoms with E-state index in [1.54, 1.807) is 0 Å². The summed E-state index contributed by atoms with van der Waals surface area (Å²) in [4.78, 5) is 0. The monoisotopic (exact) mass is 347 g/mol. The number of nitrogens with one attached hydrogen (secondary N) is 1. The van der Waals surface area contributed by atoms with Crippen LogP contribution in [0.5, 0.6) is 0 Å². The molecule has 0 aromatic rings. The molecular weight excluding hydrogens is 306 g/mol. The van der Waals surface area contributed by atoms with Gasteiger partial charge in [0.1, 0.15) is 0 Å². The van der Waals surface area contributed by atoms with Crippen LogP contribution < -0.4 is 5.32 Å². The van der Waals surface area contributed by atoms with Crippen molar-refractivity contribution >= 4 is 0 Å². The molecule has 144 valence electrons. The van der Waals surface area contributed by atoms with Crippen molar-refractivity contribution in [1.29, 1.82) is 0 Å². The summed E-state index contributed by atoms with van der Waals surface area (Å²) in [7, 11) is 0. The minimum Gasteiger partial charge on any atom is -0.393 e. The molecule has 0 amide bonds. The minimum absolute atomic E-state index is 0.117. The van der Waals surface area contributed by atoms with Gasteiger partial charge in [-0.3, -0.25) is 0 Å². The summed E-state index contributed by atoms with van der Waals surface area (Å²) in [6, 6.07) is 0.777. The summed E-state index contributed by atoms with van der Waals surface area (Å²) in [5, 5.41) is 14.1. The largest absolute Gasteiger partial charge is 0.393 e. The van der Waals surface area contributed by atoms with Crippen LogP contribution in [0.3, 0.4) is 0 Å². The van der Waals surface area contributed by atoms with Crippen LogP contribution in [0.25, 0.3) is 0 Å². The normalized spacial score (nSPS) is 53.6. The molecule has 0 unspecified atom stereocenters. The summed E-state index contributed by atoms with van der Waals surface area (Å²) < 4.78 is 0. The molecule has 4 saturated carbocycles. The average molecular weight is 348 g/mol. The van der Waals surface area contributed by atoms with E-state index in [0.717, 1.165) is 36.3 Å². The Morgan fingerprint density at radius 3 is 2.40 bits per heavy atom. The summed E-state index contributed by atoms with van der Waals surface area (Å²) in [6.07, 6.45) is 12.5. The summed E-state index contributed by atoms with van der Waals surface area (Å²) in [5.74, 6) is 4.28. The molecule has 0 saturated heterocycles. The number of aliphatic hydroxyl groups is 1. The van der Waals surface area contributed by atoms with Gasteiger partial charge in [-0.15, -0.1) is 0 Å². The van der Waals surface area contributed by atoms with Gasteiger partial charge < -0.3 is 10.4 Å². The lowest BCUT2D eigenvalue weighted by Gasteiger charge is -2.61. The highest BCUT2D eigenvalue weighted by molar-refractivity contribution is 5.10. The Balaban J connectivity index is 1.54. The smallest absolute Gasteiger partial charge is 0.0545 e. The third-order valence-electron chi connectivity index (χ3n) is 9.81. The van der Waals surface area contributed by atoms with Crippen molar-refractivity contribution in [3.8, 4) is 0 Å². The fourth-order valence-corrected chi connectivity index (χ4v) is 8.57. The first-order chi connectivity index (χ1) is 11.9. The molecule has 2 N–H and O–H groups in total. The van der Waals surface area contributed by atoms with Crippen molar-refractivity contribution in [3.63, 3.8) is 0 Å². The van der Waals surface area contributed by atoms with Crippen LogP contribution in [0.1, 0.15) is 85.5 Å². The van der Waals surface area contributed by atoms with Gasteiger partial charge in [0.2, 0.25) is 0 Å². The molecule has 4 aliphatic rings. The Hall–Kier alpha value is -0.0800. The zero-order chi connectivity index (χ0) is 17.8. The molecule has 0 aromatic heterocycles. The van der Waals surface area contributed by atoms with Gasteiger partial charge in [0.15, 0.2) is 0 Å². The predicted molar refractivity (Wildman–Crippen MR) is 104 cm³/mol. The Morgan fingerprint density at radius 1 is 0.960 bits per heavy atom. The molecule has 4 rings (SSSR count). The second-order valence-corrected chi connectivity index (χ2v) is 10.7. The maximum Gasteiger partial charge on any atom is 0.0545 e. The molecule has 2 nitrogen and oxygen atoms in total. The molecule has 25 heavy (non-hydrogen) atoms. The van der Waals surface area contributed by atoms with Crippen molar-refractivity contribution in [1.82, 2.24) is 5.32 Å². The number of rotatable bonds is 3. The van der Waals surface area contributed by atoms with Crippen molar-refractivity contribution in [2.24, 2.45) is 40.4 Å². The standard InChI is InChI=1S/C23H41NO/c1-5-24-17-10-12-22(3)16(14-17)6-7-18-20-9-8-19(15(2)25)23(20,4)13-11-21(18)22/h15-21,24-25H,5-14H2,1-4H3/t15-,16-,17+,18-,19+,20-,21-,22-,23+/m0/s1. The van der Waals surface area contributed by atoms with E-state index in [0.29, 0.717) is 16.7 Å². The van der Waals surface area contributed by atoms with Crippen molar-refractivity contribution in [2.75, 3.05) is 6.54 Å². The highest BCUT2D eigenvalue weighted by Gasteiger charge is 2.60. The molecule has 4 aliphatic carbocycles. The fourth-order valence-electron chi connectivity index (χ4n) is 8.57. The van der Waals surface area contributed by atoms with Crippen LogP contribution in [-0.4, -0.2) is 23.8 Å². The lowest BCUT2D eigenvalue weighted by molar-refractivity contribution is -0.121. The topological polar surface area (TPSA) is 32.3 Å². The third kappa shape index (κ3) is 2.73. The Bertz CT molecular complexity index is 490. The first-order valence-corrected chi connectivity index (χ1v) is 11.3. The quantitative estimate of drug-likeness (QED) is 0.752. The van der Waals surface area contributed by atoms with Gasteiger partial charge in [0, 0.05) is 6.04 Å². The van der Waals surface area contributed by atoms with Gasteiger partial charge in [-0.1, -0.05) is 20.8 Å². The SMILES string of the molecule is CCN[C@@H]1CC[C@@]2(C)[C@@H](CC[C@@H]3[C@@H]2CC[C@]2(C)[C@@H]([C@H](C)O)CC[C@@H]32)C1. The van der Waals surface area contributed by atoms with E-state index in [9.17, 15) is 5.11 Å². The molecule has 0 aliphatic heterocycles. The van der Waals surface area contributed by atoms with Gasteiger partial charge in [0.25, 0.3) is 0 Å². The number of fused-ring (bicyclic) bond motifs is 5. The zero-order valence-electron chi connectivity index (χ0n) is 17.1. The van der Waals surface area contributed by atoms with E-state index in [1.165, 1.54) is 57.8 Å². The second-order valence-electron chi connectivity index (χ2n) is 10.7. The maximum atomic E-state index is 10.4. The number of aliphatic hydroxyl groups excluding tert-OH is 1. The van der Waals surface area contributed by atoms with Gasteiger partial charge >= 0.3 is 0 Å². The second kappa shape index (κ2) is 6.51. The first-order valence-electron chi connectivity index (χ1n) is 11.3.